The van der Waals surface area contributed by atoms with Gasteiger partial charge in [0.1, 0.15) is 22.7 Å². The minimum Gasteiger partial charge on any atom is -0.453 e. The highest BCUT2D eigenvalue weighted by atomic mass is 32.2. The normalized spacial score (nSPS) is 18.0. The summed E-state index contributed by atoms with van der Waals surface area (Å²) < 4.78 is 16.2. The number of anilines is 1. The van der Waals surface area contributed by atoms with E-state index < -0.39 is 47.2 Å². The number of thiazole rings is 1. The molecule has 2 atom stereocenters. The first kappa shape index (κ1) is 30.1. The van der Waals surface area contributed by atoms with Crippen LogP contribution >= 0.6 is 23.1 Å². The monoisotopic (exact) mass is 622 g/mol. The van der Waals surface area contributed by atoms with Crippen molar-refractivity contribution >= 4 is 57.9 Å². The summed E-state index contributed by atoms with van der Waals surface area (Å²) in [5, 5.41) is 4.87. The van der Waals surface area contributed by atoms with Gasteiger partial charge in [0.2, 0.25) is 0 Å². The molecule has 2 aliphatic rings. The van der Waals surface area contributed by atoms with Gasteiger partial charge >= 0.3 is 18.2 Å². The molecular weight excluding hydrogens is 592 g/mol. The van der Waals surface area contributed by atoms with E-state index in [1.807, 2.05) is 60.7 Å². The number of nitrogens with one attached hydrogen (secondary N) is 2. The molecule has 2 N–H and O–H groups in total. The summed E-state index contributed by atoms with van der Waals surface area (Å²) >= 11 is 2.52. The Morgan fingerprint density at radius 1 is 1.00 bits per heavy atom. The third-order valence-corrected chi connectivity index (χ3v) is 8.71. The van der Waals surface area contributed by atoms with Gasteiger partial charge in [0, 0.05) is 17.5 Å². The van der Waals surface area contributed by atoms with Crippen molar-refractivity contribution in [3.8, 4) is 0 Å². The number of esters is 1. The Balaban J connectivity index is 1.50. The van der Waals surface area contributed by atoms with Crippen LogP contribution in [0.15, 0.2) is 72.6 Å². The largest absolute Gasteiger partial charge is 0.453 e. The molecule has 0 radical (unpaired) electrons. The van der Waals surface area contributed by atoms with Crippen molar-refractivity contribution < 1.29 is 33.4 Å². The van der Waals surface area contributed by atoms with Crippen LogP contribution < -0.4 is 10.6 Å². The zero-order valence-corrected chi connectivity index (χ0v) is 25.5. The summed E-state index contributed by atoms with van der Waals surface area (Å²) in [5.41, 5.74) is 1.34. The van der Waals surface area contributed by atoms with Crippen molar-refractivity contribution in [2.45, 2.75) is 43.9 Å². The fourth-order valence-electron chi connectivity index (χ4n) is 4.59. The molecule has 0 spiro atoms. The predicted molar refractivity (Wildman–Crippen MR) is 162 cm³/mol. The first-order chi connectivity index (χ1) is 20.6. The molecular formula is C30H30N4O7S2. The average molecular weight is 623 g/mol. The highest BCUT2D eigenvalue weighted by Crippen LogP contribution is 2.45. The number of hydrogen-bond acceptors (Lipinski definition) is 10. The van der Waals surface area contributed by atoms with Gasteiger partial charge in [-0.15, -0.1) is 11.8 Å². The molecule has 5 rings (SSSR count). The Kier molecular flexibility index (Phi) is 8.74. The molecule has 3 amide bonds. The number of hydrogen-bond donors (Lipinski definition) is 2. The van der Waals surface area contributed by atoms with E-state index >= 15 is 0 Å². The number of methoxy groups -OCH3 is 1. The van der Waals surface area contributed by atoms with Crippen LogP contribution in [0, 0.1) is 0 Å². The number of carbonyl (C=O) groups is 4. The summed E-state index contributed by atoms with van der Waals surface area (Å²) in [6, 6.07) is 17.7. The molecule has 1 fully saturated rings. The molecule has 43 heavy (non-hydrogen) atoms. The first-order valence-corrected chi connectivity index (χ1v) is 15.2. The van der Waals surface area contributed by atoms with E-state index in [1.54, 1.807) is 20.8 Å². The van der Waals surface area contributed by atoms with Crippen molar-refractivity contribution in [1.29, 1.82) is 0 Å². The molecule has 2 unspecified atom stereocenters. The third kappa shape index (κ3) is 6.67. The van der Waals surface area contributed by atoms with E-state index in [9.17, 15) is 19.2 Å². The van der Waals surface area contributed by atoms with E-state index in [-0.39, 0.29) is 10.8 Å². The second kappa shape index (κ2) is 12.5. The fraction of sp³-hybridized carbons (Fsp3) is 0.300. The Bertz CT molecular complexity index is 1510. The number of aromatic nitrogens is 1. The molecule has 2 aliphatic heterocycles. The summed E-state index contributed by atoms with van der Waals surface area (Å²) in [7, 11) is 1.24. The van der Waals surface area contributed by atoms with Crippen LogP contribution in [0.5, 0.6) is 0 Å². The lowest BCUT2D eigenvalue weighted by Gasteiger charge is -2.49. The highest BCUT2D eigenvalue weighted by Gasteiger charge is 2.55. The lowest BCUT2D eigenvalue weighted by molar-refractivity contribution is -0.153. The molecule has 1 saturated heterocycles. The zero-order chi connectivity index (χ0) is 30.7. The lowest BCUT2D eigenvalue weighted by Crippen LogP contribution is -2.70. The molecule has 11 nitrogen and oxygen atoms in total. The zero-order valence-electron chi connectivity index (χ0n) is 23.9. The van der Waals surface area contributed by atoms with E-state index in [0.29, 0.717) is 16.2 Å². The van der Waals surface area contributed by atoms with Gasteiger partial charge < -0.3 is 19.5 Å². The quantitative estimate of drug-likeness (QED) is 0.208. The number of fused-ring (bicyclic) bond motifs is 1. The van der Waals surface area contributed by atoms with Gasteiger partial charge in [-0.1, -0.05) is 72.0 Å². The Morgan fingerprint density at radius 3 is 2.21 bits per heavy atom. The van der Waals surface area contributed by atoms with Gasteiger partial charge in [-0.25, -0.2) is 19.4 Å². The maximum atomic E-state index is 14.1. The summed E-state index contributed by atoms with van der Waals surface area (Å²) in [5.74, 6) is -0.870. The van der Waals surface area contributed by atoms with Crippen LogP contribution in [0.4, 0.5) is 14.7 Å². The van der Waals surface area contributed by atoms with Crippen LogP contribution in [0.3, 0.4) is 0 Å². The van der Waals surface area contributed by atoms with Gasteiger partial charge in [0.25, 0.3) is 5.91 Å². The number of ether oxygens (including phenoxy) is 3. The minimum absolute atomic E-state index is 0.0566. The smallest absolute Gasteiger partial charge is 0.413 e. The molecule has 3 aromatic rings. The number of thioether (sulfide) groups is 1. The lowest BCUT2D eigenvalue weighted by atomic mass is 10.0. The fourth-order valence-corrected chi connectivity index (χ4v) is 6.89. The van der Waals surface area contributed by atoms with Crippen molar-refractivity contribution in [3.63, 3.8) is 0 Å². The topological polar surface area (TPSA) is 136 Å². The Morgan fingerprint density at radius 2 is 1.63 bits per heavy atom. The molecule has 1 aromatic heterocycles. The number of benzene rings is 2. The number of β-lactam (4-membered cyclic amide) rings is 1. The summed E-state index contributed by atoms with van der Waals surface area (Å²) in [6.45, 7) is 5.19. The molecule has 0 saturated carbocycles. The second-order valence-corrected chi connectivity index (χ2v) is 12.7. The standard InChI is InChI=1S/C30H30N4O7S2/c1-30(2,3)41-29(38)32-21-24(35)34-22(19(16-42-25(21)34)20-15-31-27(43-20)33-28(37)39-4)26(36)40-23(17-11-7-5-8-12-17)18-13-9-6-10-14-18/h5-15,21,23,25H,16H2,1-4H3,(H,32,38)(H,31,33,37). The molecule has 2 aromatic carbocycles. The summed E-state index contributed by atoms with van der Waals surface area (Å²) in [6.07, 6.45) is -0.637. The second-order valence-electron chi connectivity index (χ2n) is 10.6. The van der Waals surface area contributed by atoms with Crippen molar-refractivity contribution in [2.24, 2.45) is 0 Å². The van der Waals surface area contributed by atoms with E-state index in [2.05, 4.69) is 20.4 Å². The Hall–Kier alpha value is -4.36. The van der Waals surface area contributed by atoms with Gasteiger partial charge in [-0.2, -0.15) is 0 Å². The molecule has 224 valence electrons. The van der Waals surface area contributed by atoms with Crippen LogP contribution in [0.2, 0.25) is 0 Å². The van der Waals surface area contributed by atoms with Crippen LogP contribution in [-0.4, -0.2) is 63.8 Å². The number of rotatable bonds is 7. The van der Waals surface area contributed by atoms with Gasteiger partial charge in [-0.3, -0.25) is 15.0 Å². The van der Waals surface area contributed by atoms with E-state index in [0.717, 1.165) is 22.5 Å². The van der Waals surface area contributed by atoms with E-state index in [1.165, 1.54) is 30.0 Å². The van der Waals surface area contributed by atoms with Crippen LogP contribution in [0.25, 0.3) is 5.57 Å². The number of nitrogens with zero attached hydrogens (tertiary/aromatic N) is 2. The predicted octanol–water partition coefficient (Wildman–Crippen LogP) is 5.17. The van der Waals surface area contributed by atoms with Crippen molar-refractivity contribution in [1.82, 2.24) is 15.2 Å². The van der Waals surface area contributed by atoms with E-state index in [4.69, 9.17) is 9.47 Å². The van der Waals surface area contributed by atoms with Gasteiger partial charge in [0.15, 0.2) is 11.2 Å². The number of amides is 3. The first-order valence-electron chi connectivity index (χ1n) is 13.3. The maximum absolute atomic E-state index is 14.1. The molecule has 0 bridgehead atoms. The molecule has 13 heteroatoms. The SMILES string of the molecule is COC(=O)Nc1ncc(C2=C(C(=O)OC(c3ccccc3)c3ccccc3)N3C(=O)C(NC(=O)OC(C)(C)C)C3SC2)s1. The van der Waals surface area contributed by atoms with Crippen molar-refractivity contribution in [2.75, 3.05) is 18.2 Å². The number of carbonyl (C=O) groups excluding carboxylic acids is 4. The van der Waals surface area contributed by atoms with Gasteiger partial charge in [-0.05, 0) is 31.9 Å². The molecule has 0 aliphatic carbocycles. The highest BCUT2D eigenvalue weighted by molar-refractivity contribution is 8.00. The number of alkyl carbamates (subject to hydrolysis) is 1. The third-order valence-electron chi connectivity index (χ3n) is 6.46. The average Bonchev–Trinajstić information content (AvgIpc) is 3.45. The minimum atomic E-state index is -0.888. The van der Waals surface area contributed by atoms with Crippen LogP contribution in [-0.2, 0) is 23.8 Å². The Labute approximate surface area is 256 Å². The summed E-state index contributed by atoms with van der Waals surface area (Å²) in [4.78, 5) is 58.0. The van der Waals surface area contributed by atoms with Gasteiger partial charge in [0.05, 0.1) is 12.0 Å². The molecule has 3 heterocycles. The maximum Gasteiger partial charge on any atom is 0.413 e. The van der Waals surface area contributed by atoms with Crippen molar-refractivity contribution in [3.05, 3.63) is 88.6 Å². The van der Waals surface area contributed by atoms with Crippen LogP contribution in [0.1, 0.15) is 42.9 Å².